The van der Waals surface area contributed by atoms with Crippen LogP contribution in [0.25, 0.3) is 11.4 Å². The summed E-state index contributed by atoms with van der Waals surface area (Å²) < 4.78 is 1.11. The monoisotopic (exact) mass is 219 g/mol. The van der Waals surface area contributed by atoms with Crippen molar-refractivity contribution in [3.8, 4) is 17.1 Å². The number of tetrazole rings is 1. The van der Waals surface area contributed by atoms with Gasteiger partial charge in [0, 0.05) is 5.56 Å². The lowest BCUT2D eigenvalue weighted by Gasteiger charge is -2.04. The molecule has 0 aliphatic carbocycles. The number of aliphatic carboxylic acids is 1. The molecule has 0 spiro atoms. The van der Waals surface area contributed by atoms with E-state index in [9.17, 15) is 9.90 Å². The molecule has 7 heteroatoms. The van der Waals surface area contributed by atoms with Crippen LogP contribution < -0.4 is 5.11 Å². The molecule has 0 fully saturated rings. The number of carbonyl (C=O) groups is 1. The molecule has 0 atom stereocenters. The van der Waals surface area contributed by atoms with E-state index in [1.54, 1.807) is 12.1 Å². The molecular weight excluding hydrogens is 212 g/mol. The van der Waals surface area contributed by atoms with Crippen LogP contribution in [-0.2, 0) is 11.3 Å². The van der Waals surface area contributed by atoms with Crippen molar-refractivity contribution in [2.75, 3.05) is 0 Å². The highest BCUT2D eigenvalue weighted by Gasteiger charge is 2.08. The molecule has 16 heavy (non-hydrogen) atoms. The SMILES string of the molecule is O=C([O-])Cn1nnnc1-c1ccc(O)cc1. The Morgan fingerprint density at radius 1 is 1.38 bits per heavy atom. The average molecular weight is 219 g/mol. The molecule has 1 N–H and O–H groups in total. The van der Waals surface area contributed by atoms with Crippen LogP contribution in [0.2, 0.25) is 0 Å². The number of aromatic nitrogens is 4. The zero-order chi connectivity index (χ0) is 11.5. The van der Waals surface area contributed by atoms with Gasteiger partial charge in [-0.2, -0.15) is 0 Å². The molecule has 0 saturated carbocycles. The average Bonchev–Trinajstić information content (AvgIpc) is 2.66. The Morgan fingerprint density at radius 3 is 2.69 bits per heavy atom. The second kappa shape index (κ2) is 3.97. The minimum absolute atomic E-state index is 0.114. The maximum atomic E-state index is 10.4. The smallest absolute Gasteiger partial charge is 0.182 e. The number of benzene rings is 1. The molecule has 0 saturated heterocycles. The van der Waals surface area contributed by atoms with Gasteiger partial charge in [-0.05, 0) is 34.7 Å². The van der Waals surface area contributed by atoms with E-state index >= 15 is 0 Å². The predicted octanol–water partition coefficient (Wildman–Crippen LogP) is -1.20. The van der Waals surface area contributed by atoms with Crippen molar-refractivity contribution >= 4 is 5.97 Å². The summed E-state index contributed by atoms with van der Waals surface area (Å²) in [4.78, 5) is 10.4. The number of rotatable bonds is 3. The second-order valence-electron chi connectivity index (χ2n) is 3.08. The molecule has 0 radical (unpaired) electrons. The number of hydrogen-bond acceptors (Lipinski definition) is 6. The van der Waals surface area contributed by atoms with Crippen molar-refractivity contribution in [3.05, 3.63) is 24.3 Å². The lowest BCUT2D eigenvalue weighted by atomic mass is 10.2. The van der Waals surface area contributed by atoms with E-state index in [-0.39, 0.29) is 5.75 Å². The fourth-order valence-electron chi connectivity index (χ4n) is 1.25. The quantitative estimate of drug-likeness (QED) is 0.695. The molecule has 0 bridgehead atoms. The van der Waals surface area contributed by atoms with Gasteiger partial charge in [-0.1, -0.05) is 0 Å². The van der Waals surface area contributed by atoms with E-state index in [0.717, 1.165) is 4.68 Å². The molecule has 1 heterocycles. The molecule has 0 aliphatic heterocycles. The molecule has 0 aliphatic rings. The summed E-state index contributed by atoms with van der Waals surface area (Å²) in [6.45, 7) is -0.413. The van der Waals surface area contributed by atoms with Crippen LogP contribution in [0, 0.1) is 0 Å². The van der Waals surface area contributed by atoms with E-state index in [0.29, 0.717) is 11.4 Å². The highest BCUT2D eigenvalue weighted by Crippen LogP contribution is 2.18. The first-order valence-electron chi connectivity index (χ1n) is 4.42. The van der Waals surface area contributed by atoms with Gasteiger partial charge in [-0.15, -0.1) is 5.10 Å². The fraction of sp³-hybridized carbons (Fsp3) is 0.111. The van der Waals surface area contributed by atoms with E-state index in [1.165, 1.54) is 12.1 Å². The number of carboxylic acid groups (broad SMARTS) is 1. The first-order chi connectivity index (χ1) is 7.66. The van der Waals surface area contributed by atoms with Crippen molar-refractivity contribution in [1.82, 2.24) is 20.2 Å². The third-order valence-electron chi connectivity index (χ3n) is 1.94. The summed E-state index contributed by atoms with van der Waals surface area (Å²) in [6, 6.07) is 6.11. The lowest BCUT2D eigenvalue weighted by molar-refractivity contribution is -0.306. The molecule has 1 aromatic carbocycles. The van der Waals surface area contributed by atoms with Gasteiger partial charge in [0.15, 0.2) is 5.82 Å². The number of hydrogen-bond donors (Lipinski definition) is 1. The number of nitrogens with zero attached hydrogens (tertiary/aromatic N) is 4. The van der Waals surface area contributed by atoms with Gasteiger partial charge < -0.3 is 15.0 Å². The molecule has 82 valence electrons. The molecule has 0 amide bonds. The number of aromatic hydroxyl groups is 1. The van der Waals surface area contributed by atoms with Crippen LogP contribution in [0.5, 0.6) is 5.75 Å². The summed E-state index contributed by atoms with van der Waals surface area (Å²) in [6.07, 6.45) is 0. The van der Waals surface area contributed by atoms with Crippen molar-refractivity contribution in [2.24, 2.45) is 0 Å². The maximum Gasteiger partial charge on any atom is 0.182 e. The Bertz CT molecular complexity index is 506. The molecule has 2 rings (SSSR count). The highest BCUT2D eigenvalue weighted by atomic mass is 16.4. The Balaban J connectivity index is 2.36. The molecule has 0 unspecified atom stereocenters. The molecule has 7 nitrogen and oxygen atoms in total. The Kier molecular flexibility index (Phi) is 2.50. The van der Waals surface area contributed by atoms with Gasteiger partial charge in [0.25, 0.3) is 0 Å². The summed E-state index contributed by atoms with van der Waals surface area (Å²) in [7, 11) is 0. The van der Waals surface area contributed by atoms with Gasteiger partial charge in [0.05, 0.1) is 12.5 Å². The van der Waals surface area contributed by atoms with E-state index in [1.807, 2.05) is 0 Å². The van der Waals surface area contributed by atoms with E-state index in [2.05, 4.69) is 15.5 Å². The van der Waals surface area contributed by atoms with Gasteiger partial charge in [-0.25, -0.2) is 4.68 Å². The van der Waals surface area contributed by atoms with E-state index < -0.39 is 12.5 Å². The van der Waals surface area contributed by atoms with Gasteiger partial charge in [0.2, 0.25) is 0 Å². The minimum atomic E-state index is -1.27. The van der Waals surface area contributed by atoms with Gasteiger partial charge in [-0.3, -0.25) is 0 Å². The van der Waals surface area contributed by atoms with Crippen molar-refractivity contribution in [1.29, 1.82) is 0 Å². The van der Waals surface area contributed by atoms with Crippen LogP contribution in [0.15, 0.2) is 24.3 Å². The Labute approximate surface area is 90.0 Å². The summed E-state index contributed by atoms with van der Waals surface area (Å²) >= 11 is 0. The number of phenols is 1. The zero-order valence-corrected chi connectivity index (χ0v) is 8.07. The van der Waals surface area contributed by atoms with Gasteiger partial charge >= 0.3 is 0 Å². The second-order valence-corrected chi connectivity index (χ2v) is 3.08. The molecule has 2 aromatic rings. The maximum absolute atomic E-state index is 10.4. The van der Waals surface area contributed by atoms with Gasteiger partial charge in [0.1, 0.15) is 5.75 Å². The Hall–Kier alpha value is -2.44. The first-order valence-corrected chi connectivity index (χ1v) is 4.42. The highest BCUT2D eigenvalue weighted by molar-refractivity contribution is 5.65. The minimum Gasteiger partial charge on any atom is -0.548 e. The first kappa shape index (κ1) is 10.1. The van der Waals surface area contributed by atoms with Crippen molar-refractivity contribution < 1.29 is 15.0 Å². The molecule has 1 aromatic heterocycles. The van der Waals surface area contributed by atoms with Crippen LogP contribution in [0.3, 0.4) is 0 Å². The number of carboxylic acids is 1. The standard InChI is InChI=1S/C9H8N4O3/c14-7-3-1-6(2-4-7)9-10-11-12-13(9)5-8(15)16/h1-4,14H,5H2,(H,15,16)/p-1. The lowest BCUT2D eigenvalue weighted by Crippen LogP contribution is -2.28. The number of carbonyl (C=O) groups excluding carboxylic acids is 1. The fourth-order valence-corrected chi connectivity index (χ4v) is 1.25. The largest absolute Gasteiger partial charge is 0.548 e. The third-order valence-corrected chi connectivity index (χ3v) is 1.94. The summed E-state index contributed by atoms with van der Waals surface area (Å²) in [5.41, 5.74) is 0.615. The van der Waals surface area contributed by atoms with Crippen molar-refractivity contribution in [2.45, 2.75) is 6.54 Å². The summed E-state index contributed by atoms with van der Waals surface area (Å²) in [5, 5.41) is 30.2. The van der Waals surface area contributed by atoms with E-state index in [4.69, 9.17) is 5.11 Å². The van der Waals surface area contributed by atoms with Crippen LogP contribution >= 0.6 is 0 Å². The molecular formula is C9H7N4O3-. The van der Waals surface area contributed by atoms with Crippen LogP contribution in [0.1, 0.15) is 0 Å². The zero-order valence-electron chi connectivity index (χ0n) is 8.07. The Morgan fingerprint density at radius 2 is 2.06 bits per heavy atom. The van der Waals surface area contributed by atoms with Crippen molar-refractivity contribution in [3.63, 3.8) is 0 Å². The normalized spacial score (nSPS) is 10.2. The van der Waals surface area contributed by atoms with Crippen LogP contribution in [-0.4, -0.2) is 31.3 Å². The number of phenolic OH excluding ortho intramolecular Hbond substituents is 1. The summed E-state index contributed by atoms with van der Waals surface area (Å²) in [5.74, 6) is -0.848. The van der Waals surface area contributed by atoms with Crippen LogP contribution in [0.4, 0.5) is 0 Å². The predicted molar refractivity (Wildman–Crippen MR) is 49.9 cm³/mol. The third kappa shape index (κ3) is 1.97. The topological polar surface area (TPSA) is 104 Å².